The Labute approximate surface area is 169 Å². The van der Waals surface area contributed by atoms with Crippen LogP contribution in [0.3, 0.4) is 0 Å². The first-order chi connectivity index (χ1) is 13.2. The van der Waals surface area contributed by atoms with E-state index in [9.17, 15) is 9.59 Å². The molecule has 0 aliphatic rings. The molecule has 0 radical (unpaired) electrons. The van der Waals surface area contributed by atoms with Crippen molar-refractivity contribution in [2.45, 2.75) is 46.1 Å². The van der Waals surface area contributed by atoms with Crippen LogP contribution in [0.4, 0.5) is 9.93 Å². The second-order valence-corrected chi connectivity index (χ2v) is 8.44. The van der Waals surface area contributed by atoms with Crippen LogP contribution in [0.15, 0.2) is 24.3 Å². The zero-order chi connectivity index (χ0) is 20.7. The number of carbonyl (C=O) groups is 2. The lowest BCUT2D eigenvalue weighted by Crippen LogP contribution is -2.33. The van der Waals surface area contributed by atoms with Crippen LogP contribution < -0.4 is 15.4 Å². The number of aryl methyl sites for hydroxylation is 1. The molecule has 7 nitrogen and oxygen atoms in total. The predicted molar refractivity (Wildman–Crippen MR) is 111 cm³/mol. The van der Waals surface area contributed by atoms with Crippen LogP contribution in [0, 0.1) is 6.92 Å². The zero-order valence-corrected chi connectivity index (χ0v) is 17.7. The van der Waals surface area contributed by atoms with Gasteiger partial charge in [-0.2, -0.15) is 0 Å². The Kier molecular flexibility index (Phi) is 7.39. The molecule has 0 aliphatic carbocycles. The van der Waals surface area contributed by atoms with Crippen molar-refractivity contribution in [3.63, 3.8) is 0 Å². The Morgan fingerprint density at radius 3 is 2.46 bits per heavy atom. The summed E-state index contributed by atoms with van der Waals surface area (Å²) in [6.45, 7) is 7.75. The Hall–Kier alpha value is -2.61. The highest BCUT2D eigenvalue weighted by Gasteiger charge is 2.16. The molecular formula is C20H27N3O4S. The van der Waals surface area contributed by atoms with Crippen LogP contribution >= 0.6 is 11.3 Å². The summed E-state index contributed by atoms with van der Waals surface area (Å²) in [6.07, 6.45) is 0.320. The second kappa shape index (κ2) is 9.54. The van der Waals surface area contributed by atoms with Crippen molar-refractivity contribution in [3.05, 3.63) is 29.1 Å². The molecule has 0 fully saturated rings. The fraction of sp³-hybridized carbons (Fsp3) is 0.450. The molecule has 0 atom stereocenters. The Balaban J connectivity index is 1.82. The average Bonchev–Trinajstić information content (AvgIpc) is 2.97. The average molecular weight is 406 g/mol. The van der Waals surface area contributed by atoms with Gasteiger partial charge in [0.1, 0.15) is 11.4 Å². The molecule has 152 valence electrons. The molecule has 0 spiro atoms. The van der Waals surface area contributed by atoms with Crippen LogP contribution in [-0.4, -0.2) is 36.2 Å². The van der Waals surface area contributed by atoms with Gasteiger partial charge in [0.2, 0.25) is 5.91 Å². The molecule has 8 heteroatoms. The topological polar surface area (TPSA) is 89.5 Å². The maximum atomic E-state index is 12.1. The highest BCUT2D eigenvalue weighted by Crippen LogP contribution is 2.31. The van der Waals surface area contributed by atoms with Crippen LogP contribution in [0.25, 0.3) is 11.3 Å². The van der Waals surface area contributed by atoms with E-state index in [-0.39, 0.29) is 12.3 Å². The zero-order valence-electron chi connectivity index (χ0n) is 16.9. The summed E-state index contributed by atoms with van der Waals surface area (Å²) in [6, 6.07) is 7.64. The van der Waals surface area contributed by atoms with E-state index >= 15 is 0 Å². The minimum absolute atomic E-state index is 0.138. The summed E-state index contributed by atoms with van der Waals surface area (Å²) < 4.78 is 10.3. The fourth-order valence-corrected chi connectivity index (χ4v) is 3.25. The number of hydrogen-bond donors (Lipinski definition) is 2. The van der Waals surface area contributed by atoms with Crippen LogP contribution in [0.2, 0.25) is 0 Å². The highest BCUT2D eigenvalue weighted by atomic mass is 32.1. The van der Waals surface area contributed by atoms with Crippen molar-refractivity contribution in [1.82, 2.24) is 10.3 Å². The summed E-state index contributed by atoms with van der Waals surface area (Å²) >= 11 is 1.43. The second-order valence-electron chi connectivity index (χ2n) is 7.23. The first-order valence-electron chi connectivity index (χ1n) is 9.06. The maximum absolute atomic E-state index is 12.1. The van der Waals surface area contributed by atoms with Gasteiger partial charge in [-0.05, 0) is 58.4 Å². The number of hydrogen-bond acceptors (Lipinski definition) is 6. The van der Waals surface area contributed by atoms with Gasteiger partial charge < -0.3 is 20.1 Å². The number of benzene rings is 1. The van der Waals surface area contributed by atoms with E-state index in [2.05, 4.69) is 15.6 Å². The van der Waals surface area contributed by atoms with E-state index in [1.54, 1.807) is 27.9 Å². The number of thiazole rings is 1. The number of nitrogens with zero attached hydrogens (tertiary/aromatic N) is 1. The van der Waals surface area contributed by atoms with Gasteiger partial charge in [-0.1, -0.05) is 0 Å². The molecule has 0 unspecified atom stereocenters. The van der Waals surface area contributed by atoms with Gasteiger partial charge in [0.15, 0.2) is 5.13 Å². The largest absolute Gasteiger partial charge is 0.497 e. The number of rotatable bonds is 7. The third-order valence-corrected chi connectivity index (χ3v) is 4.54. The molecule has 28 heavy (non-hydrogen) atoms. The number of amides is 2. The first-order valence-corrected chi connectivity index (χ1v) is 9.88. The van der Waals surface area contributed by atoms with Crippen molar-refractivity contribution in [2.75, 3.05) is 19.0 Å². The normalized spacial score (nSPS) is 11.0. The third-order valence-electron chi connectivity index (χ3n) is 3.66. The van der Waals surface area contributed by atoms with Gasteiger partial charge >= 0.3 is 6.09 Å². The van der Waals surface area contributed by atoms with Gasteiger partial charge in [-0.25, -0.2) is 9.78 Å². The van der Waals surface area contributed by atoms with Crippen molar-refractivity contribution in [2.24, 2.45) is 0 Å². The Morgan fingerprint density at radius 1 is 1.18 bits per heavy atom. The van der Waals surface area contributed by atoms with Gasteiger partial charge in [-0.15, -0.1) is 11.3 Å². The fourth-order valence-electron chi connectivity index (χ4n) is 2.40. The molecule has 2 rings (SSSR count). The number of carbonyl (C=O) groups excluding carboxylic acids is 2. The van der Waals surface area contributed by atoms with E-state index in [1.807, 2.05) is 31.2 Å². The molecule has 2 amide bonds. The molecular weight excluding hydrogens is 378 g/mol. The van der Waals surface area contributed by atoms with E-state index < -0.39 is 11.7 Å². The van der Waals surface area contributed by atoms with Crippen LogP contribution in [0.5, 0.6) is 5.75 Å². The molecule has 2 N–H and O–H groups in total. The minimum atomic E-state index is -0.536. The standard InChI is InChI=1S/C20H27N3O4S/c1-13-17(14-8-10-15(26-5)11-9-14)23-18(28-13)22-16(24)7-6-12-21-19(25)27-20(2,3)4/h8-11H,6-7,12H2,1-5H3,(H,21,25)(H,22,23,24). The van der Waals surface area contributed by atoms with E-state index in [1.165, 1.54) is 11.3 Å². The van der Waals surface area contributed by atoms with Gasteiger partial charge in [0.05, 0.1) is 12.8 Å². The Bertz CT molecular complexity index is 810. The molecule has 1 aromatic heterocycles. The first kappa shape index (κ1) is 21.7. The maximum Gasteiger partial charge on any atom is 0.407 e. The summed E-state index contributed by atoms with van der Waals surface area (Å²) in [4.78, 5) is 29.2. The summed E-state index contributed by atoms with van der Waals surface area (Å²) in [5.74, 6) is 0.645. The van der Waals surface area contributed by atoms with E-state index in [0.29, 0.717) is 18.1 Å². The Morgan fingerprint density at radius 2 is 1.86 bits per heavy atom. The van der Waals surface area contributed by atoms with E-state index in [0.717, 1.165) is 21.9 Å². The summed E-state index contributed by atoms with van der Waals surface area (Å²) in [5.41, 5.74) is 1.28. The SMILES string of the molecule is COc1ccc(-c2nc(NC(=O)CCCNC(=O)OC(C)(C)C)sc2C)cc1. The van der Waals surface area contributed by atoms with Crippen molar-refractivity contribution < 1.29 is 19.1 Å². The molecule has 1 aromatic carbocycles. The molecule has 0 bridgehead atoms. The van der Waals surface area contributed by atoms with Gasteiger partial charge in [-0.3, -0.25) is 4.79 Å². The number of methoxy groups -OCH3 is 1. The number of anilines is 1. The van der Waals surface area contributed by atoms with Gasteiger partial charge in [0, 0.05) is 23.4 Å². The lowest BCUT2D eigenvalue weighted by Gasteiger charge is -2.19. The van der Waals surface area contributed by atoms with Crippen molar-refractivity contribution in [3.8, 4) is 17.0 Å². The lowest BCUT2D eigenvalue weighted by molar-refractivity contribution is -0.116. The smallest absolute Gasteiger partial charge is 0.407 e. The van der Waals surface area contributed by atoms with E-state index in [4.69, 9.17) is 9.47 Å². The number of nitrogens with one attached hydrogen (secondary N) is 2. The summed E-state index contributed by atoms with van der Waals surface area (Å²) in [5, 5.41) is 6.02. The lowest BCUT2D eigenvalue weighted by atomic mass is 10.1. The quantitative estimate of drug-likeness (QED) is 0.668. The van der Waals surface area contributed by atoms with Crippen molar-refractivity contribution in [1.29, 1.82) is 0 Å². The predicted octanol–water partition coefficient (Wildman–Crippen LogP) is 4.37. The number of aromatic nitrogens is 1. The monoisotopic (exact) mass is 405 g/mol. The molecule has 0 saturated heterocycles. The number of alkyl carbamates (subject to hydrolysis) is 1. The minimum Gasteiger partial charge on any atom is -0.497 e. The number of ether oxygens (including phenoxy) is 2. The molecule has 0 aliphatic heterocycles. The van der Waals surface area contributed by atoms with Crippen LogP contribution in [-0.2, 0) is 9.53 Å². The highest BCUT2D eigenvalue weighted by molar-refractivity contribution is 7.16. The van der Waals surface area contributed by atoms with Gasteiger partial charge in [0.25, 0.3) is 0 Å². The third kappa shape index (κ3) is 6.84. The molecule has 1 heterocycles. The van der Waals surface area contributed by atoms with Crippen LogP contribution in [0.1, 0.15) is 38.5 Å². The van der Waals surface area contributed by atoms with Crippen molar-refractivity contribution >= 4 is 28.5 Å². The molecule has 0 saturated carbocycles. The molecule has 2 aromatic rings. The summed E-state index contributed by atoms with van der Waals surface area (Å²) in [7, 11) is 1.62.